The Morgan fingerprint density at radius 3 is 2.45 bits per heavy atom. The van der Waals surface area contributed by atoms with Crippen LogP contribution < -0.4 is 4.72 Å². The maximum Gasteiger partial charge on any atom is 0.135 e. The third-order valence-corrected chi connectivity index (χ3v) is 5.11. The van der Waals surface area contributed by atoms with Gasteiger partial charge in [-0.25, -0.2) is 0 Å². The number of hydrogen-bond donors (Lipinski definition) is 1. The number of benzene rings is 2. The van der Waals surface area contributed by atoms with Gasteiger partial charge in [0.05, 0.1) is 0 Å². The molecule has 1 aromatic heterocycles. The van der Waals surface area contributed by atoms with Crippen molar-refractivity contribution in [2.45, 2.75) is 38.1 Å². The van der Waals surface area contributed by atoms with Crippen LogP contribution in [-0.4, -0.2) is 6.04 Å². The zero-order valence-corrected chi connectivity index (χ0v) is 15.4. The molecule has 0 saturated carbocycles. The predicted molar refractivity (Wildman–Crippen MR) is 99.3 cm³/mol. The van der Waals surface area contributed by atoms with Crippen LogP contribution in [0.15, 0.2) is 50.2 Å². The van der Waals surface area contributed by atoms with E-state index >= 15 is 0 Å². The SMILES string of the molecule is CC(C)CC(C)NSc1ccc2oc3ccc(Br)cc3c2c1. The van der Waals surface area contributed by atoms with Crippen LogP contribution in [0.5, 0.6) is 0 Å². The molecular formula is C18H20BrNOS. The first-order chi connectivity index (χ1) is 10.5. The minimum Gasteiger partial charge on any atom is -0.456 e. The third kappa shape index (κ3) is 3.50. The van der Waals surface area contributed by atoms with Crippen LogP contribution in [0.3, 0.4) is 0 Å². The van der Waals surface area contributed by atoms with Crippen LogP contribution in [-0.2, 0) is 0 Å². The lowest BCUT2D eigenvalue weighted by Gasteiger charge is -2.14. The van der Waals surface area contributed by atoms with Gasteiger partial charge in [0, 0.05) is 26.2 Å². The molecule has 4 heteroatoms. The summed E-state index contributed by atoms with van der Waals surface area (Å²) < 4.78 is 10.5. The molecule has 0 radical (unpaired) electrons. The van der Waals surface area contributed by atoms with Gasteiger partial charge in [0.15, 0.2) is 0 Å². The molecule has 2 aromatic carbocycles. The summed E-state index contributed by atoms with van der Waals surface area (Å²) in [4.78, 5) is 1.21. The molecule has 2 nitrogen and oxygen atoms in total. The summed E-state index contributed by atoms with van der Waals surface area (Å²) in [5.41, 5.74) is 1.87. The second kappa shape index (κ2) is 6.65. The number of fused-ring (bicyclic) bond motifs is 3. The average molecular weight is 378 g/mol. The summed E-state index contributed by atoms with van der Waals surface area (Å²) in [7, 11) is 0. The van der Waals surface area contributed by atoms with Crippen molar-refractivity contribution in [2.75, 3.05) is 0 Å². The zero-order valence-electron chi connectivity index (χ0n) is 13.0. The lowest BCUT2D eigenvalue weighted by Crippen LogP contribution is -2.20. The van der Waals surface area contributed by atoms with Crippen LogP contribution in [0.2, 0.25) is 0 Å². The van der Waals surface area contributed by atoms with Crippen molar-refractivity contribution in [1.29, 1.82) is 0 Å². The molecule has 22 heavy (non-hydrogen) atoms. The van der Waals surface area contributed by atoms with Crippen molar-refractivity contribution in [1.82, 2.24) is 4.72 Å². The van der Waals surface area contributed by atoms with Crippen molar-refractivity contribution in [3.8, 4) is 0 Å². The Hall–Kier alpha value is -0.970. The predicted octanol–water partition coefficient (Wildman–Crippen LogP) is 6.38. The van der Waals surface area contributed by atoms with Crippen molar-refractivity contribution in [3.05, 3.63) is 40.9 Å². The van der Waals surface area contributed by atoms with Crippen molar-refractivity contribution in [2.24, 2.45) is 5.92 Å². The molecule has 1 heterocycles. The maximum atomic E-state index is 5.89. The minimum atomic E-state index is 0.496. The fourth-order valence-corrected chi connectivity index (χ4v) is 3.82. The topological polar surface area (TPSA) is 25.2 Å². The Bertz CT molecular complexity index is 796. The molecule has 3 aromatic rings. The number of nitrogens with one attached hydrogen (secondary N) is 1. The fraction of sp³-hybridized carbons (Fsp3) is 0.333. The molecule has 1 N–H and O–H groups in total. The number of furan rings is 1. The molecule has 0 aliphatic heterocycles. The first-order valence-corrected chi connectivity index (χ1v) is 9.18. The third-order valence-electron chi connectivity index (χ3n) is 3.61. The van der Waals surface area contributed by atoms with E-state index in [-0.39, 0.29) is 0 Å². The molecule has 0 spiro atoms. The van der Waals surface area contributed by atoms with Gasteiger partial charge in [0.1, 0.15) is 11.2 Å². The quantitative estimate of drug-likeness (QED) is 0.522. The maximum absolute atomic E-state index is 5.89. The van der Waals surface area contributed by atoms with E-state index in [1.807, 2.05) is 12.1 Å². The lowest BCUT2D eigenvalue weighted by molar-refractivity contribution is 0.502. The average Bonchev–Trinajstić information content (AvgIpc) is 2.82. The Morgan fingerprint density at radius 1 is 1.05 bits per heavy atom. The van der Waals surface area contributed by atoms with Gasteiger partial charge in [-0.05, 0) is 67.6 Å². The van der Waals surface area contributed by atoms with E-state index in [9.17, 15) is 0 Å². The molecular weight excluding hydrogens is 358 g/mol. The summed E-state index contributed by atoms with van der Waals surface area (Å²) in [5, 5.41) is 2.32. The van der Waals surface area contributed by atoms with Gasteiger partial charge in [0.2, 0.25) is 0 Å². The summed E-state index contributed by atoms with van der Waals surface area (Å²) >= 11 is 5.23. The highest BCUT2D eigenvalue weighted by molar-refractivity contribution is 9.10. The standard InChI is InChI=1S/C18H20BrNOS/c1-11(2)8-12(3)20-22-14-5-7-18-16(10-14)15-9-13(19)4-6-17(15)21-18/h4-7,9-12,20H,8H2,1-3H3. The minimum absolute atomic E-state index is 0.496. The molecule has 1 unspecified atom stereocenters. The number of halogens is 1. The van der Waals surface area contributed by atoms with Gasteiger partial charge in [0.25, 0.3) is 0 Å². The summed E-state index contributed by atoms with van der Waals surface area (Å²) in [6, 6.07) is 13.0. The van der Waals surface area contributed by atoms with Crippen molar-refractivity contribution in [3.63, 3.8) is 0 Å². The highest BCUT2D eigenvalue weighted by Gasteiger charge is 2.09. The Balaban J connectivity index is 1.85. The summed E-state index contributed by atoms with van der Waals surface area (Å²) in [6.45, 7) is 6.74. The highest BCUT2D eigenvalue weighted by Crippen LogP contribution is 2.33. The van der Waals surface area contributed by atoms with Gasteiger partial charge in [-0.3, -0.25) is 4.72 Å². The Labute approximate surface area is 143 Å². The smallest absolute Gasteiger partial charge is 0.135 e. The van der Waals surface area contributed by atoms with Gasteiger partial charge >= 0.3 is 0 Å². The van der Waals surface area contributed by atoms with Gasteiger partial charge in [-0.1, -0.05) is 29.8 Å². The zero-order chi connectivity index (χ0) is 15.7. The summed E-state index contributed by atoms with van der Waals surface area (Å²) in [5.74, 6) is 0.709. The van der Waals surface area contributed by atoms with Crippen LogP contribution in [0.4, 0.5) is 0 Å². The molecule has 0 aliphatic rings. The van der Waals surface area contributed by atoms with Crippen LogP contribution in [0, 0.1) is 5.92 Å². The molecule has 1 atom stereocenters. The van der Waals surface area contributed by atoms with Crippen LogP contribution in [0.25, 0.3) is 21.9 Å². The fourth-order valence-electron chi connectivity index (χ4n) is 2.72. The van der Waals surface area contributed by atoms with E-state index in [0.29, 0.717) is 12.0 Å². The van der Waals surface area contributed by atoms with Crippen molar-refractivity contribution >= 4 is 49.8 Å². The first kappa shape index (κ1) is 15.9. The number of hydrogen-bond acceptors (Lipinski definition) is 3. The van der Waals surface area contributed by atoms with E-state index in [4.69, 9.17) is 4.42 Å². The van der Waals surface area contributed by atoms with E-state index < -0.39 is 0 Å². The molecule has 3 rings (SSSR count). The Morgan fingerprint density at radius 2 is 1.73 bits per heavy atom. The Kier molecular flexibility index (Phi) is 4.81. The molecule has 0 aliphatic carbocycles. The normalized spacial score (nSPS) is 13.3. The van der Waals surface area contributed by atoms with Crippen LogP contribution in [0.1, 0.15) is 27.2 Å². The molecule has 116 valence electrons. The van der Waals surface area contributed by atoms with Gasteiger partial charge in [-0.15, -0.1) is 0 Å². The highest BCUT2D eigenvalue weighted by atomic mass is 79.9. The van der Waals surface area contributed by atoms with E-state index in [2.05, 4.69) is 65.7 Å². The van der Waals surface area contributed by atoms with E-state index in [1.165, 1.54) is 16.7 Å². The first-order valence-electron chi connectivity index (χ1n) is 7.57. The molecule has 0 fully saturated rings. The number of rotatable bonds is 5. The molecule has 0 bridgehead atoms. The second-order valence-corrected chi connectivity index (χ2v) is 7.98. The van der Waals surface area contributed by atoms with Gasteiger partial charge in [-0.2, -0.15) is 0 Å². The van der Waals surface area contributed by atoms with Crippen LogP contribution >= 0.6 is 27.9 Å². The monoisotopic (exact) mass is 377 g/mol. The van der Waals surface area contributed by atoms with Crippen molar-refractivity contribution < 1.29 is 4.42 Å². The lowest BCUT2D eigenvalue weighted by atomic mass is 10.1. The summed E-state index contributed by atoms with van der Waals surface area (Å²) in [6.07, 6.45) is 1.18. The van der Waals surface area contributed by atoms with Gasteiger partial charge < -0.3 is 4.42 Å². The van der Waals surface area contributed by atoms with E-state index in [1.54, 1.807) is 11.9 Å². The largest absolute Gasteiger partial charge is 0.456 e. The second-order valence-electron chi connectivity index (χ2n) is 6.15. The molecule has 0 amide bonds. The molecule has 0 saturated heterocycles. The van der Waals surface area contributed by atoms with E-state index in [0.717, 1.165) is 21.0 Å².